The number of carbonyl (C=O) groups is 1. The molecule has 0 spiro atoms. The van der Waals surface area contributed by atoms with Crippen LogP contribution >= 0.6 is 15.9 Å². The second kappa shape index (κ2) is 7.73. The molecular formula is C19H19BrN2O2. The van der Waals surface area contributed by atoms with Crippen LogP contribution in [0.25, 0.3) is 0 Å². The molecule has 2 aromatic rings. The molecule has 0 bridgehead atoms. The Morgan fingerprint density at radius 3 is 2.88 bits per heavy atom. The first-order chi connectivity index (χ1) is 11.6. The standard InChI is InChI=1S/C19H19BrN2O2/c1-13-9-18(16-10-15(20)7-8-17(16)22-13)24-12-19(23)21-11-14-5-3-2-4-6-14/h2-8,10,18H,9,11-12H2,1H3,(H,21,23). The van der Waals surface area contributed by atoms with E-state index in [9.17, 15) is 4.79 Å². The van der Waals surface area contributed by atoms with Crippen LogP contribution < -0.4 is 5.32 Å². The topological polar surface area (TPSA) is 50.7 Å². The molecule has 1 unspecified atom stereocenters. The third kappa shape index (κ3) is 4.30. The number of ether oxygens (including phenoxy) is 1. The van der Waals surface area contributed by atoms with Crippen molar-refractivity contribution in [2.75, 3.05) is 6.61 Å². The Kier molecular flexibility index (Phi) is 5.43. The summed E-state index contributed by atoms with van der Waals surface area (Å²) in [5.41, 5.74) is 4.02. The molecule has 0 aliphatic carbocycles. The number of amides is 1. The molecule has 0 aromatic heterocycles. The molecule has 0 saturated carbocycles. The zero-order valence-electron chi connectivity index (χ0n) is 13.5. The number of halogens is 1. The van der Waals surface area contributed by atoms with E-state index in [-0.39, 0.29) is 18.6 Å². The minimum Gasteiger partial charge on any atom is -0.363 e. The van der Waals surface area contributed by atoms with Gasteiger partial charge in [0.25, 0.3) is 0 Å². The number of aliphatic imine (C=N–C) groups is 1. The van der Waals surface area contributed by atoms with Crippen molar-refractivity contribution in [3.05, 3.63) is 64.1 Å². The highest BCUT2D eigenvalue weighted by atomic mass is 79.9. The smallest absolute Gasteiger partial charge is 0.246 e. The molecule has 1 amide bonds. The van der Waals surface area contributed by atoms with E-state index in [1.165, 1.54) is 0 Å². The van der Waals surface area contributed by atoms with Gasteiger partial charge in [0.15, 0.2) is 0 Å². The van der Waals surface area contributed by atoms with Crippen molar-refractivity contribution in [3.8, 4) is 0 Å². The number of hydrogen-bond donors (Lipinski definition) is 1. The van der Waals surface area contributed by atoms with Crippen LogP contribution in [-0.2, 0) is 16.1 Å². The zero-order chi connectivity index (χ0) is 16.9. The minimum atomic E-state index is -0.141. The lowest BCUT2D eigenvalue weighted by Crippen LogP contribution is -2.28. The van der Waals surface area contributed by atoms with E-state index in [1.54, 1.807) is 0 Å². The fourth-order valence-electron chi connectivity index (χ4n) is 2.69. The molecule has 1 aliphatic heterocycles. The number of hydrogen-bond acceptors (Lipinski definition) is 3. The number of benzene rings is 2. The van der Waals surface area contributed by atoms with Crippen LogP contribution in [-0.4, -0.2) is 18.2 Å². The highest BCUT2D eigenvalue weighted by molar-refractivity contribution is 9.10. The number of fused-ring (bicyclic) bond motifs is 1. The summed E-state index contributed by atoms with van der Waals surface area (Å²) in [4.78, 5) is 16.6. The van der Waals surface area contributed by atoms with E-state index in [2.05, 4.69) is 26.2 Å². The first-order valence-electron chi connectivity index (χ1n) is 7.87. The maximum absolute atomic E-state index is 12.0. The first kappa shape index (κ1) is 16.9. The number of rotatable bonds is 5. The monoisotopic (exact) mass is 386 g/mol. The van der Waals surface area contributed by atoms with E-state index in [1.807, 2.05) is 55.5 Å². The van der Waals surface area contributed by atoms with Gasteiger partial charge in [-0.2, -0.15) is 0 Å². The van der Waals surface area contributed by atoms with E-state index < -0.39 is 0 Å². The molecule has 24 heavy (non-hydrogen) atoms. The fourth-order valence-corrected chi connectivity index (χ4v) is 3.07. The van der Waals surface area contributed by atoms with Gasteiger partial charge in [0.1, 0.15) is 6.61 Å². The van der Waals surface area contributed by atoms with Crippen molar-refractivity contribution >= 4 is 33.2 Å². The Bertz CT molecular complexity index is 759. The normalized spacial score (nSPS) is 16.2. The quantitative estimate of drug-likeness (QED) is 0.831. The van der Waals surface area contributed by atoms with Gasteiger partial charge in [-0.1, -0.05) is 46.3 Å². The molecule has 1 atom stereocenters. The molecule has 0 saturated heterocycles. The highest BCUT2D eigenvalue weighted by Crippen LogP contribution is 2.36. The van der Waals surface area contributed by atoms with Crippen molar-refractivity contribution < 1.29 is 9.53 Å². The number of carbonyl (C=O) groups excluding carboxylic acids is 1. The molecule has 0 fully saturated rings. The summed E-state index contributed by atoms with van der Waals surface area (Å²) >= 11 is 3.48. The van der Waals surface area contributed by atoms with Crippen molar-refractivity contribution in [1.29, 1.82) is 0 Å². The van der Waals surface area contributed by atoms with Gasteiger partial charge in [0.05, 0.1) is 11.8 Å². The van der Waals surface area contributed by atoms with Gasteiger partial charge < -0.3 is 10.1 Å². The molecule has 4 nitrogen and oxygen atoms in total. The van der Waals surface area contributed by atoms with Crippen LogP contribution in [0.2, 0.25) is 0 Å². The minimum absolute atomic E-state index is 0.0384. The summed E-state index contributed by atoms with van der Waals surface area (Å²) in [6.07, 6.45) is 0.563. The summed E-state index contributed by atoms with van der Waals surface area (Å²) in [5.74, 6) is -0.115. The third-order valence-electron chi connectivity index (χ3n) is 3.88. The molecular weight excluding hydrogens is 368 g/mol. The summed E-state index contributed by atoms with van der Waals surface area (Å²) in [7, 11) is 0. The van der Waals surface area contributed by atoms with Gasteiger partial charge in [-0.15, -0.1) is 0 Å². The van der Waals surface area contributed by atoms with Crippen LogP contribution in [0.4, 0.5) is 5.69 Å². The summed E-state index contributed by atoms with van der Waals surface area (Å²) < 4.78 is 6.86. The lowest BCUT2D eigenvalue weighted by Gasteiger charge is -2.24. The predicted octanol–water partition coefficient (Wildman–Crippen LogP) is 4.32. The largest absolute Gasteiger partial charge is 0.363 e. The number of nitrogens with zero attached hydrogens (tertiary/aromatic N) is 1. The molecule has 1 aliphatic rings. The Morgan fingerprint density at radius 2 is 2.08 bits per heavy atom. The van der Waals surface area contributed by atoms with E-state index >= 15 is 0 Å². The average molecular weight is 387 g/mol. The van der Waals surface area contributed by atoms with Gasteiger partial charge in [-0.25, -0.2) is 0 Å². The van der Waals surface area contributed by atoms with Crippen LogP contribution in [0.15, 0.2) is 58.0 Å². The van der Waals surface area contributed by atoms with E-state index in [0.29, 0.717) is 13.0 Å². The summed E-state index contributed by atoms with van der Waals surface area (Å²) in [5, 5.41) is 2.88. The van der Waals surface area contributed by atoms with Crippen LogP contribution in [0.1, 0.15) is 30.6 Å². The second-order valence-electron chi connectivity index (χ2n) is 5.82. The van der Waals surface area contributed by atoms with Crippen molar-refractivity contribution in [3.63, 3.8) is 0 Å². The summed E-state index contributed by atoms with van der Waals surface area (Å²) in [6, 6.07) is 15.8. The SMILES string of the molecule is CC1=Nc2ccc(Br)cc2C(OCC(=O)NCc2ccccc2)C1. The molecule has 124 valence electrons. The molecule has 5 heteroatoms. The van der Waals surface area contributed by atoms with Crippen LogP contribution in [0.5, 0.6) is 0 Å². The van der Waals surface area contributed by atoms with Gasteiger partial charge >= 0.3 is 0 Å². The van der Waals surface area contributed by atoms with Crippen LogP contribution in [0, 0.1) is 0 Å². The second-order valence-corrected chi connectivity index (χ2v) is 6.73. The highest BCUT2D eigenvalue weighted by Gasteiger charge is 2.22. The fraction of sp³-hybridized carbons (Fsp3) is 0.263. The van der Waals surface area contributed by atoms with Gasteiger partial charge in [0.2, 0.25) is 5.91 Å². The van der Waals surface area contributed by atoms with Gasteiger partial charge in [-0.3, -0.25) is 9.79 Å². The zero-order valence-corrected chi connectivity index (χ0v) is 15.0. The number of nitrogens with one attached hydrogen (secondary N) is 1. The maximum atomic E-state index is 12.0. The van der Waals surface area contributed by atoms with E-state index in [4.69, 9.17) is 4.74 Å². The molecule has 0 radical (unpaired) electrons. The van der Waals surface area contributed by atoms with Crippen molar-refractivity contribution in [2.45, 2.75) is 26.0 Å². The lowest BCUT2D eigenvalue weighted by molar-refractivity contribution is -0.127. The Balaban J connectivity index is 1.58. The molecule has 1 heterocycles. The van der Waals surface area contributed by atoms with Crippen LogP contribution in [0.3, 0.4) is 0 Å². The van der Waals surface area contributed by atoms with Crippen molar-refractivity contribution in [1.82, 2.24) is 5.32 Å². The third-order valence-corrected chi connectivity index (χ3v) is 4.37. The average Bonchev–Trinajstić information content (AvgIpc) is 2.59. The van der Waals surface area contributed by atoms with E-state index in [0.717, 1.165) is 27.0 Å². The van der Waals surface area contributed by atoms with Gasteiger partial charge in [0, 0.05) is 28.7 Å². The first-order valence-corrected chi connectivity index (χ1v) is 8.67. The van der Waals surface area contributed by atoms with Crippen molar-refractivity contribution in [2.24, 2.45) is 4.99 Å². The Labute approximate surface area is 150 Å². The maximum Gasteiger partial charge on any atom is 0.246 e. The molecule has 2 aromatic carbocycles. The lowest BCUT2D eigenvalue weighted by atomic mass is 9.99. The Morgan fingerprint density at radius 1 is 1.29 bits per heavy atom. The Hall–Kier alpha value is -1.98. The molecule has 1 N–H and O–H groups in total. The summed E-state index contributed by atoms with van der Waals surface area (Å²) in [6.45, 7) is 2.53. The predicted molar refractivity (Wildman–Crippen MR) is 98.5 cm³/mol. The molecule has 3 rings (SSSR count). The van der Waals surface area contributed by atoms with Gasteiger partial charge in [-0.05, 0) is 30.7 Å².